The van der Waals surface area contributed by atoms with Crippen LogP contribution in [0.25, 0.3) is 0 Å². The molecule has 20 heavy (non-hydrogen) atoms. The maximum Gasteiger partial charge on any atom is 0.252 e. The molecule has 0 spiro atoms. The highest BCUT2D eigenvalue weighted by molar-refractivity contribution is 9.11. The molecule has 0 unspecified atom stereocenters. The monoisotopic (exact) mass is 378 g/mol. The first-order valence-electron chi connectivity index (χ1n) is 6.42. The number of hydrogen-bond donors (Lipinski definition) is 1. The zero-order valence-corrected chi connectivity index (χ0v) is 14.4. The summed E-state index contributed by atoms with van der Waals surface area (Å²) in [5.74, 6) is 0.0152. The van der Waals surface area contributed by atoms with Crippen molar-refractivity contribution in [2.45, 2.75) is 11.1 Å². The number of halogens is 1. The van der Waals surface area contributed by atoms with Gasteiger partial charge in [0.2, 0.25) is 0 Å². The largest absolute Gasteiger partial charge is 0.332 e. The topological polar surface area (TPSA) is 65.6 Å². The quantitative estimate of drug-likeness (QED) is 0.832. The van der Waals surface area contributed by atoms with Crippen LogP contribution in [0.2, 0.25) is 0 Å². The molecule has 2 rings (SSSR count). The van der Waals surface area contributed by atoms with Gasteiger partial charge < -0.3 is 4.90 Å². The van der Waals surface area contributed by atoms with Gasteiger partial charge in [0.05, 0.1) is 48.5 Å². The molecule has 2 heterocycles. The zero-order chi connectivity index (χ0) is 14.8. The van der Waals surface area contributed by atoms with Crippen molar-refractivity contribution in [1.82, 2.24) is 4.31 Å². The summed E-state index contributed by atoms with van der Waals surface area (Å²) in [7, 11) is -3.36. The fraction of sp³-hybridized carbons (Fsp3) is 0.583. The molecular weight excluding hydrogens is 362 g/mol. The number of thiophene rings is 1. The molecule has 1 fully saturated rings. The van der Waals surface area contributed by atoms with Gasteiger partial charge in [-0.05, 0) is 35.0 Å². The van der Waals surface area contributed by atoms with Crippen LogP contribution < -0.4 is 4.90 Å². The molecule has 0 radical (unpaired) electrons. The number of hydrogen-bond acceptors (Lipinski definition) is 4. The summed E-state index contributed by atoms with van der Waals surface area (Å²) in [4.78, 5) is 1.30. The maximum atomic E-state index is 12.4. The maximum absolute atomic E-state index is 12.4. The molecule has 1 saturated heterocycles. The lowest BCUT2D eigenvalue weighted by atomic mass is 10.2. The lowest BCUT2D eigenvalue weighted by Gasteiger charge is -2.31. The van der Waals surface area contributed by atoms with E-state index in [2.05, 4.69) is 22.0 Å². The Morgan fingerprint density at radius 2 is 2.15 bits per heavy atom. The van der Waals surface area contributed by atoms with Gasteiger partial charge in [-0.15, -0.1) is 11.3 Å². The van der Waals surface area contributed by atoms with Crippen molar-refractivity contribution in [3.63, 3.8) is 0 Å². The minimum atomic E-state index is -3.36. The standard InChI is InChI=1S/C12H16BrN3O2S2/c1-10(8-14)9-15-4-6-16(7-5-15)20(17,18)12-3-2-11(13)19-12/h2-3,10H,4-7,9H2,1H3/p+1/t10-/m1/s1. The summed E-state index contributed by atoms with van der Waals surface area (Å²) in [6.07, 6.45) is 0. The highest BCUT2D eigenvalue weighted by Crippen LogP contribution is 2.28. The van der Waals surface area contributed by atoms with Gasteiger partial charge >= 0.3 is 0 Å². The Hall–Kier alpha value is -0.460. The van der Waals surface area contributed by atoms with Crippen molar-refractivity contribution in [2.75, 3.05) is 32.7 Å². The van der Waals surface area contributed by atoms with Crippen LogP contribution in [0.1, 0.15) is 6.92 Å². The third-order valence-corrected chi connectivity index (χ3v) is 7.38. The van der Waals surface area contributed by atoms with E-state index in [0.717, 1.165) is 23.4 Å². The van der Waals surface area contributed by atoms with Crippen molar-refractivity contribution in [3.8, 4) is 6.07 Å². The minimum Gasteiger partial charge on any atom is -0.332 e. The van der Waals surface area contributed by atoms with E-state index >= 15 is 0 Å². The number of nitrogens with zero attached hydrogens (tertiary/aromatic N) is 2. The summed E-state index contributed by atoms with van der Waals surface area (Å²) in [5, 5.41) is 8.82. The molecule has 1 aromatic heterocycles. The van der Waals surface area contributed by atoms with Gasteiger partial charge in [-0.1, -0.05) is 0 Å². The molecular formula is C12H17BrN3O2S2+. The molecule has 5 nitrogen and oxygen atoms in total. The first kappa shape index (κ1) is 15.9. The van der Waals surface area contributed by atoms with E-state index in [1.165, 1.54) is 16.2 Å². The first-order valence-corrected chi connectivity index (χ1v) is 9.47. The summed E-state index contributed by atoms with van der Waals surface area (Å²) in [6.45, 7) is 5.25. The molecule has 0 aliphatic carbocycles. The molecule has 0 aromatic carbocycles. The second-order valence-electron chi connectivity index (χ2n) is 4.95. The number of nitriles is 1. The average molecular weight is 379 g/mol. The van der Waals surface area contributed by atoms with Gasteiger partial charge in [0, 0.05) is 0 Å². The SMILES string of the molecule is C[C@H](C#N)C[NH+]1CCN(S(=O)(=O)c2ccc(Br)s2)CC1. The fourth-order valence-electron chi connectivity index (χ4n) is 2.29. The highest BCUT2D eigenvalue weighted by atomic mass is 79.9. The summed E-state index contributed by atoms with van der Waals surface area (Å²) < 4.78 is 27.6. The fourth-order valence-corrected chi connectivity index (χ4v) is 5.89. The molecule has 1 aromatic rings. The van der Waals surface area contributed by atoms with Crippen LogP contribution in [0.4, 0.5) is 0 Å². The number of rotatable bonds is 4. The van der Waals surface area contributed by atoms with Gasteiger partial charge in [-0.25, -0.2) is 8.42 Å². The Kier molecular flexibility index (Phi) is 5.20. The van der Waals surface area contributed by atoms with Crippen molar-refractivity contribution in [1.29, 1.82) is 5.26 Å². The number of nitrogens with one attached hydrogen (secondary N) is 1. The summed E-state index contributed by atoms with van der Waals surface area (Å²) >= 11 is 4.53. The minimum absolute atomic E-state index is 0.0152. The molecule has 1 aliphatic rings. The predicted octanol–water partition coefficient (Wildman–Crippen LogP) is 0.559. The summed E-state index contributed by atoms with van der Waals surface area (Å²) in [6, 6.07) is 5.62. The van der Waals surface area contributed by atoms with E-state index in [-0.39, 0.29) is 5.92 Å². The van der Waals surface area contributed by atoms with Gasteiger partial charge in [0.25, 0.3) is 10.0 Å². The third-order valence-electron chi connectivity index (χ3n) is 3.39. The van der Waals surface area contributed by atoms with Gasteiger partial charge in [-0.3, -0.25) is 0 Å². The first-order chi connectivity index (χ1) is 9.43. The van der Waals surface area contributed by atoms with Crippen molar-refractivity contribution in [2.24, 2.45) is 5.92 Å². The van der Waals surface area contributed by atoms with E-state index in [1.807, 2.05) is 6.92 Å². The van der Waals surface area contributed by atoms with Crippen LogP contribution in [0.5, 0.6) is 0 Å². The second kappa shape index (κ2) is 6.54. The third kappa shape index (κ3) is 3.59. The van der Waals surface area contributed by atoms with E-state index in [1.54, 1.807) is 16.4 Å². The molecule has 110 valence electrons. The molecule has 0 amide bonds. The van der Waals surface area contributed by atoms with Crippen molar-refractivity contribution >= 4 is 37.3 Å². The Morgan fingerprint density at radius 3 is 2.65 bits per heavy atom. The molecule has 1 aliphatic heterocycles. The van der Waals surface area contributed by atoms with Gasteiger partial charge in [0.15, 0.2) is 0 Å². The average Bonchev–Trinajstić information content (AvgIpc) is 2.86. The van der Waals surface area contributed by atoms with Crippen LogP contribution in [-0.2, 0) is 10.0 Å². The summed E-state index contributed by atoms with van der Waals surface area (Å²) in [5.41, 5.74) is 0. The molecule has 8 heteroatoms. The Balaban J connectivity index is 1.99. The number of quaternary nitrogens is 1. The van der Waals surface area contributed by atoms with Gasteiger partial charge in [0.1, 0.15) is 4.21 Å². The number of piperazine rings is 1. The van der Waals surface area contributed by atoms with Crippen LogP contribution in [-0.4, -0.2) is 45.4 Å². The molecule has 1 N–H and O–H groups in total. The Bertz CT molecular complexity index is 600. The van der Waals surface area contributed by atoms with Crippen LogP contribution in [0, 0.1) is 17.2 Å². The van der Waals surface area contributed by atoms with Crippen LogP contribution in [0.3, 0.4) is 0 Å². The zero-order valence-electron chi connectivity index (χ0n) is 11.2. The Morgan fingerprint density at radius 1 is 1.50 bits per heavy atom. The van der Waals surface area contributed by atoms with Crippen LogP contribution in [0.15, 0.2) is 20.1 Å². The second-order valence-corrected chi connectivity index (χ2v) is 9.57. The van der Waals surface area contributed by atoms with Gasteiger partial charge in [-0.2, -0.15) is 9.57 Å². The predicted molar refractivity (Wildman–Crippen MR) is 81.1 cm³/mol. The van der Waals surface area contributed by atoms with Crippen molar-refractivity contribution < 1.29 is 13.3 Å². The lowest BCUT2D eigenvalue weighted by molar-refractivity contribution is -0.905. The van der Waals surface area contributed by atoms with E-state index in [9.17, 15) is 8.42 Å². The van der Waals surface area contributed by atoms with E-state index in [4.69, 9.17) is 5.26 Å². The molecule has 0 saturated carbocycles. The number of sulfonamides is 1. The van der Waals surface area contributed by atoms with Crippen LogP contribution >= 0.6 is 27.3 Å². The van der Waals surface area contributed by atoms with E-state index in [0.29, 0.717) is 17.3 Å². The molecule has 0 bridgehead atoms. The smallest absolute Gasteiger partial charge is 0.252 e. The Labute approximate surface area is 132 Å². The van der Waals surface area contributed by atoms with E-state index < -0.39 is 10.0 Å². The highest BCUT2D eigenvalue weighted by Gasteiger charge is 2.31. The molecule has 1 atom stereocenters. The normalized spacial score (nSPS) is 19.6. The van der Waals surface area contributed by atoms with Crippen molar-refractivity contribution in [3.05, 3.63) is 15.9 Å². The lowest BCUT2D eigenvalue weighted by Crippen LogP contribution is -3.15.